The summed E-state index contributed by atoms with van der Waals surface area (Å²) >= 11 is 0. The van der Waals surface area contributed by atoms with Crippen molar-refractivity contribution in [3.63, 3.8) is 0 Å². The van der Waals surface area contributed by atoms with Gasteiger partial charge >= 0.3 is 0 Å². The average molecular weight is 386 g/mol. The van der Waals surface area contributed by atoms with E-state index in [9.17, 15) is 0 Å². The molecule has 0 saturated carbocycles. The Morgan fingerprint density at radius 2 is 1.54 bits per heavy atom. The van der Waals surface area contributed by atoms with Crippen molar-refractivity contribution in [2.45, 2.75) is 20.4 Å². The van der Waals surface area contributed by atoms with E-state index in [2.05, 4.69) is 90.9 Å². The lowest BCUT2D eigenvalue weighted by atomic mass is 10.2. The monoisotopic (exact) mass is 386 g/mol. The van der Waals surface area contributed by atoms with Gasteiger partial charge in [0.05, 0.1) is 11.6 Å². The zero-order chi connectivity index (χ0) is 19.3. The Morgan fingerprint density at radius 3 is 2.14 bits per heavy atom. The number of pyridine rings is 1. The van der Waals surface area contributed by atoms with Crippen LogP contribution in [0.15, 0.2) is 85.2 Å². The molecule has 0 amide bonds. The average Bonchev–Trinajstić information content (AvgIpc) is 3.18. The molecule has 5 heteroatoms. The summed E-state index contributed by atoms with van der Waals surface area (Å²) in [6.07, 6.45) is 3.90. The van der Waals surface area contributed by atoms with Gasteiger partial charge in [-0.3, -0.25) is 9.67 Å². The van der Waals surface area contributed by atoms with Crippen molar-refractivity contribution in [2.75, 3.05) is 0 Å². The number of nitrogens with zero attached hydrogens (tertiary/aromatic N) is 4. The molecule has 0 unspecified atom stereocenters. The molecule has 140 valence electrons. The molecule has 0 bridgehead atoms. The summed E-state index contributed by atoms with van der Waals surface area (Å²) in [6, 6.07) is 25.4. The molecule has 28 heavy (non-hydrogen) atoms. The van der Waals surface area contributed by atoms with E-state index >= 15 is 0 Å². The predicted molar refractivity (Wildman–Crippen MR) is 117 cm³/mol. The fourth-order valence-electron chi connectivity index (χ4n) is 3.16. The van der Waals surface area contributed by atoms with Crippen molar-refractivity contribution in [3.05, 3.63) is 85.2 Å². The second-order valence-electron chi connectivity index (χ2n) is 7.13. The van der Waals surface area contributed by atoms with Crippen molar-refractivity contribution in [1.82, 2.24) is 20.0 Å². The fraction of sp³-hybridized carbons (Fsp3) is 0.174. The van der Waals surface area contributed by atoms with E-state index in [1.54, 1.807) is 0 Å². The van der Waals surface area contributed by atoms with Crippen molar-refractivity contribution in [3.8, 4) is 11.3 Å². The molecular weight excluding hydrogens is 363 g/mol. The third-order valence-electron chi connectivity index (χ3n) is 4.39. The van der Waals surface area contributed by atoms with Gasteiger partial charge in [0, 0.05) is 26.2 Å². The van der Waals surface area contributed by atoms with E-state index in [4.69, 9.17) is 4.98 Å². The zero-order valence-corrected chi connectivity index (χ0v) is 17.0. The molecule has 0 fully saturated rings. The molecule has 0 aliphatic carbocycles. The highest BCUT2D eigenvalue weighted by Crippen LogP contribution is 2.32. The van der Waals surface area contributed by atoms with Crippen molar-refractivity contribution >= 4 is 24.0 Å². The molecule has 2 heterocycles. The topological polar surface area (TPSA) is 43.6 Å². The van der Waals surface area contributed by atoms with Gasteiger partial charge < -0.3 is 0 Å². The highest BCUT2D eigenvalue weighted by atomic mass is 31.1. The maximum atomic E-state index is 4.75. The molecule has 4 nitrogen and oxygen atoms in total. The normalized spacial score (nSPS) is 11.3. The number of hydrogen-bond donors (Lipinski definition) is 0. The first-order valence-electron chi connectivity index (χ1n) is 9.47. The minimum atomic E-state index is -0.726. The van der Waals surface area contributed by atoms with Crippen molar-refractivity contribution < 1.29 is 0 Å². The third-order valence-corrected chi connectivity index (χ3v) is 6.72. The Morgan fingerprint density at radius 1 is 0.893 bits per heavy atom. The van der Waals surface area contributed by atoms with E-state index < -0.39 is 7.92 Å². The highest BCUT2D eigenvalue weighted by molar-refractivity contribution is 7.79. The molecule has 2 aromatic heterocycles. The van der Waals surface area contributed by atoms with Gasteiger partial charge in [0.25, 0.3) is 0 Å². The summed E-state index contributed by atoms with van der Waals surface area (Å²) in [7, 11) is -0.726. The van der Waals surface area contributed by atoms with Gasteiger partial charge in [-0.2, -0.15) is 0 Å². The Kier molecular flexibility index (Phi) is 5.59. The van der Waals surface area contributed by atoms with Crippen LogP contribution in [0.25, 0.3) is 11.3 Å². The second-order valence-corrected chi connectivity index (χ2v) is 9.29. The Balaban J connectivity index is 1.74. The predicted octanol–water partition coefficient (Wildman–Crippen LogP) is 3.75. The largest absolute Gasteiger partial charge is 0.256 e. The Labute approximate surface area is 167 Å². The summed E-state index contributed by atoms with van der Waals surface area (Å²) < 4.78 is 1.91. The van der Waals surface area contributed by atoms with Crippen LogP contribution in [0.3, 0.4) is 0 Å². The Bertz CT molecular complexity index is 989. The van der Waals surface area contributed by atoms with Crippen LogP contribution in [0.4, 0.5) is 0 Å². The van der Waals surface area contributed by atoms with Crippen molar-refractivity contribution in [1.29, 1.82) is 0 Å². The molecule has 0 N–H and O–H groups in total. The minimum absolute atomic E-state index is 0.534. The number of rotatable bonds is 6. The lowest BCUT2D eigenvalue weighted by molar-refractivity contribution is 0.472. The van der Waals surface area contributed by atoms with E-state index in [1.165, 1.54) is 10.6 Å². The fourth-order valence-corrected chi connectivity index (χ4v) is 5.38. The number of hydrogen-bond acceptors (Lipinski definition) is 3. The number of aromatic nitrogens is 4. The van der Waals surface area contributed by atoms with Crippen LogP contribution >= 0.6 is 7.92 Å². The maximum Gasteiger partial charge on any atom is 0.113 e. The van der Waals surface area contributed by atoms with Crippen LogP contribution in [0.1, 0.15) is 13.8 Å². The quantitative estimate of drug-likeness (QED) is 0.474. The molecule has 0 aliphatic heterocycles. The van der Waals surface area contributed by atoms with Gasteiger partial charge in [-0.1, -0.05) is 79.7 Å². The van der Waals surface area contributed by atoms with E-state index in [0.717, 1.165) is 23.2 Å². The molecule has 0 aliphatic rings. The molecule has 0 radical (unpaired) electrons. The van der Waals surface area contributed by atoms with Crippen LogP contribution in [-0.2, 0) is 6.54 Å². The molecule has 0 atom stereocenters. The third kappa shape index (κ3) is 4.18. The first-order chi connectivity index (χ1) is 13.7. The van der Waals surface area contributed by atoms with E-state index in [1.807, 2.05) is 23.1 Å². The van der Waals surface area contributed by atoms with Gasteiger partial charge in [-0.15, -0.1) is 5.10 Å². The minimum Gasteiger partial charge on any atom is -0.256 e. The smallest absolute Gasteiger partial charge is 0.113 e. The van der Waals surface area contributed by atoms with Gasteiger partial charge in [-0.25, -0.2) is 0 Å². The summed E-state index contributed by atoms with van der Waals surface area (Å²) in [6.45, 7) is 5.23. The summed E-state index contributed by atoms with van der Waals surface area (Å²) in [4.78, 5) is 4.75. The molecule has 2 aromatic carbocycles. The number of benzene rings is 2. The first kappa shape index (κ1) is 18.5. The molecule has 0 saturated heterocycles. The van der Waals surface area contributed by atoms with E-state index in [-0.39, 0.29) is 0 Å². The van der Waals surface area contributed by atoms with Crippen LogP contribution in [-0.4, -0.2) is 20.0 Å². The Hall–Kier alpha value is -2.84. The molecule has 4 aromatic rings. The lowest BCUT2D eigenvalue weighted by Gasteiger charge is -2.18. The maximum absolute atomic E-state index is 4.75. The lowest BCUT2D eigenvalue weighted by Crippen LogP contribution is -2.22. The molecule has 0 spiro atoms. The van der Waals surface area contributed by atoms with Crippen LogP contribution in [0.5, 0.6) is 0 Å². The summed E-state index contributed by atoms with van der Waals surface area (Å²) in [5.74, 6) is 0.534. The van der Waals surface area contributed by atoms with Crippen LogP contribution in [0.2, 0.25) is 0 Å². The van der Waals surface area contributed by atoms with E-state index in [0.29, 0.717) is 5.92 Å². The standard InChI is InChI=1S/C23H23N4P/c1-18(2)16-27-17-22(25-26-27)19-13-14-24-23(15-19)28(20-9-5-3-6-10-20)21-11-7-4-8-12-21/h3-15,17-18H,16H2,1-2H3. The summed E-state index contributed by atoms with van der Waals surface area (Å²) in [5.41, 5.74) is 3.02. The molecule has 4 rings (SSSR count). The molecular formula is C23H23N4P. The van der Waals surface area contributed by atoms with Crippen LogP contribution in [0, 0.1) is 5.92 Å². The SMILES string of the molecule is CC(C)Cn1cc(-c2ccnc(P(c3ccccc3)c3ccccc3)c2)nn1. The summed E-state index contributed by atoms with van der Waals surface area (Å²) in [5, 5.41) is 11.2. The van der Waals surface area contributed by atoms with Gasteiger partial charge in [0.1, 0.15) is 5.69 Å². The van der Waals surface area contributed by atoms with Gasteiger partial charge in [0.15, 0.2) is 0 Å². The van der Waals surface area contributed by atoms with Crippen molar-refractivity contribution in [2.24, 2.45) is 5.92 Å². The highest BCUT2D eigenvalue weighted by Gasteiger charge is 2.18. The first-order valence-corrected chi connectivity index (χ1v) is 10.8. The zero-order valence-electron chi connectivity index (χ0n) is 16.1. The van der Waals surface area contributed by atoms with Gasteiger partial charge in [0.2, 0.25) is 0 Å². The van der Waals surface area contributed by atoms with Crippen LogP contribution < -0.4 is 16.0 Å². The van der Waals surface area contributed by atoms with Gasteiger partial charge in [-0.05, 0) is 28.7 Å². The second kappa shape index (κ2) is 8.45.